The number of halogens is 3. The Hall–Kier alpha value is -2.23. The molecule has 1 aromatic rings. The van der Waals surface area contributed by atoms with Crippen LogP contribution >= 0.6 is 0 Å². The molecular weight excluding hydrogens is 295 g/mol. The lowest BCUT2D eigenvalue weighted by molar-refractivity contribution is -0.137. The van der Waals surface area contributed by atoms with Gasteiger partial charge in [-0.15, -0.1) is 0 Å². The lowest BCUT2D eigenvalue weighted by Gasteiger charge is -2.34. The Morgan fingerprint density at radius 3 is 2.77 bits per heavy atom. The molecule has 2 N–H and O–H groups in total. The van der Waals surface area contributed by atoms with Crippen molar-refractivity contribution in [3.8, 4) is 6.07 Å². The normalized spacial score (nSPS) is 18.8. The first-order valence-electron chi connectivity index (χ1n) is 6.96. The number of rotatable bonds is 3. The Labute approximate surface area is 126 Å². The van der Waals surface area contributed by atoms with Gasteiger partial charge in [0.1, 0.15) is 6.07 Å². The second-order valence-electron chi connectivity index (χ2n) is 5.47. The molecule has 0 aliphatic carbocycles. The summed E-state index contributed by atoms with van der Waals surface area (Å²) in [6, 6.07) is 5.00. The van der Waals surface area contributed by atoms with E-state index in [9.17, 15) is 18.0 Å². The summed E-state index contributed by atoms with van der Waals surface area (Å²) in [6.07, 6.45) is -2.56. The molecule has 4 nitrogen and oxygen atoms in total. The fraction of sp³-hybridized carbons (Fsp3) is 0.467. The lowest BCUT2D eigenvalue weighted by Crippen LogP contribution is -2.37. The molecule has 118 valence electrons. The monoisotopic (exact) mass is 311 g/mol. The third-order valence-electron chi connectivity index (χ3n) is 3.79. The second-order valence-corrected chi connectivity index (χ2v) is 5.47. The molecule has 0 radical (unpaired) electrons. The van der Waals surface area contributed by atoms with Gasteiger partial charge in [0.05, 0.1) is 16.8 Å². The smallest absolute Gasteiger partial charge is 0.370 e. The maximum absolute atomic E-state index is 12.7. The van der Waals surface area contributed by atoms with Gasteiger partial charge in [0.15, 0.2) is 0 Å². The third-order valence-corrected chi connectivity index (χ3v) is 3.79. The van der Waals surface area contributed by atoms with Crippen molar-refractivity contribution >= 4 is 11.6 Å². The van der Waals surface area contributed by atoms with Gasteiger partial charge in [-0.05, 0) is 37.0 Å². The van der Waals surface area contributed by atoms with E-state index in [0.717, 1.165) is 25.0 Å². The van der Waals surface area contributed by atoms with Gasteiger partial charge in [-0.1, -0.05) is 0 Å². The van der Waals surface area contributed by atoms with Gasteiger partial charge in [0.25, 0.3) is 0 Å². The number of alkyl halides is 3. The maximum atomic E-state index is 12.7. The van der Waals surface area contributed by atoms with E-state index in [-0.39, 0.29) is 23.8 Å². The van der Waals surface area contributed by atoms with Gasteiger partial charge in [-0.2, -0.15) is 18.4 Å². The molecule has 1 fully saturated rings. The Morgan fingerprint density at radius 2 is 2.18 bits per heavy atom. The first-order valence-corrected chi connectivity index (χ1v) is 6.96. The van der Waals surface area contributed by atoms with Crippen LogP contribution in [0.4, 0.5) is 18.9 Å². The molecule has 1 heterocycles. The van der Waals surface area contributed by atoms with Crippen LogP contribution in [0, 0.1) is 17.2 Å². The average Bonchev–Trinajstić information content (AvgIpc) is 2.45. The molecule has 22 heavy (non-hydrogen) atoms. The SMILES string of the molecule is N#Cc1cc(C(F)(F)F)ccc1N1CCCC(CC(N)=O)C1. The number of nitrogens with zero attached hydrogens (tertiary/aromatic N) is 2. The highest BCUT2D eigenvalue weighted by molar-refractivity contribution is 5.74. The summed E-state index contributed by atoms with van der Waals surface area (Å²) in [5, 5.41) is 9.13. The molecule has 0 saturated carbocycles. The minimum Gasteiger partial charge on any atom is -0.370 e. The van der Waals surface area contributed by atoms with E-state index in [1.165, 1.54) is 6.07 Å². The van der Waals surface area contributed by atoms with Crippen LogP contribution in [0.1, 0.15) is 30.4 Å². The standard InChI is InChI=1S/C15H16F3N3O/c16-15(17,18)12-3-4-13(11(7-12)8-19)21-5-1-2-10(9-21)6-14(20)22/h3-4,7,10H,1-2,5-6,9H2,(H2,20,22). The van der Waals surface area contributed by atoms with Crippen LogP contribution in [-0.4, -0.2) is 19.0 Å². The number of benzene rings is 1. The van der Waals surface area contributed by atoms with Crippen molar-refractivity contribution in [2.24, 2.45) is 11.7 Å². The van der Waals surface area contributed by atoms with E-state index < -0.39 is 11.7 Å². The Bertz CT molecular complexity index is 607. The minimum atomic E-state index is -4.47. The number of hydrogen-bond donors (Lipinski definition) is 1. The van der Waals surface area contributed by atoms with Crippen LogP contribution in [0.2, 0.25) is 0 Å². The number of nitriles is 1. The molecule has 0 spiro atoms. The number of nitrogens with two attached hydrogens (primary N) is 1. The van der Waals surface area contributed by atoms with Gasteiger partial charge in [-0.3, -0.25) is 4.79 Å². The zero-order chi connectivity index (χ0) is 16.3. The van der Waals surface area contributed by atoms with E-state index in [2.05, 4.69) is 0 Å². The summed E-state index contributed by atoms with van der Waals surface area (Å²) >= 11 is 0. The first kappa shape index (κ1) is 16.1. The van der Waals surface area contributed by atoms with Crippen LogP contribution in [0.3, 0.4) is 0 Å². The van der Waals surface area contributed by atoms with E-state index in [1.54, 1.807) is 0 Å². The van der Waals surface area contributed by atoms with Crippen molar-refractivity contribution in [2.45, 2.75) is 25.4 Å². The summed E-state index contributed by atoms with van der Waals surface area (Å²) in [6.45, 7) is 1.16. The average molecular weight is 311 g/mol. The van der Waals surface area contributed by atoms with Crippen molar-refractivity contribution in [1.29, 1.82) is 5.26 Å². The Kier molecular flexibility index (Phi) is 4.59. The molecule has 1 unspecified atom stereocenters. The van der Waals surface area contributed by atoms with Gasteiger partial charge in [0.2, 0.25) is 5.91 Å². The number of carbonyl (C=O) groups excluding carboxylic acids is 1. The van der Waals surface area contributed by atoms with E-state index in [0.29, 0.717) is 18.8 Å². The van der Waals surface area contributed by atoms with Crippen molar-refractivity contribution in [3.05, 3.63) is 29.3 Å². The van der Waals surface area contributed by atoms with Crippen molar-refractivity contribution < 1.29 is 18.0 Å². The predicted octanol–water partition coefficient (Wildman–Crippen LogP) is 2.67. The molecule has 1 aliphatic rings. The third kappa shape index (κ3) is 3.70. The highest BCUT2D eigenvalue weighted by atomic mass is 19.4. The topological polar surface area (TPSA) is 70.1 Å². The molecule has 7 heteroatoms. The summed E-state index contributed by atoms with van der Waals surface area (Å²) in [5.74, 6) is -0.320. The molecule has 1 aromatic carbocycles. The minimum absolute atomic E-state index is 0.00505. The molecule has 0 bridgehead atoms. The molecule has 1 saturated heterocycles. The van der Waals surface area contributed by atoms with Crippen LogP contribution in [0.15, 0.2) is 18.2 Å². The van der Waals surface area contributed by atoms with E-state index >= 15 is 0 Å². The number of piperidine rings is 1. The number of carbonyl (C=O) groups is 1. The van der Waals surface area contributed by atoms with Crippen molar-refractivity contribution in [1.82, 2.24) is 0 Å². The highest BCUT2D eigenvalue weighted by Crippen LogP contribution is 2.34. The van der Waals surface area contributed by atoms with Crippen molar-refractivity contribution in [2.75, 3.05) is 18.0 Å². The number of amides is 1. The zero-order valence-electron chi connectivity index (χ0n) is 11.9. The van der Waals surface area contributed by atoms with Crippen LogP contribution < -0.4 is 10.6 Å². The number of primary amides is 1. The van der Waals surface area contributed by atoms with E-state index in [1.807, 2.05) is 11.0 Å². The van der Waals surface area contributed by atoms with Gasteiger partial charge >= 0.3 is 6.18 Å². The predicted molar refractivity (Wildman–Crippen MR) is 74.9 cm³/mol. The van der Waals surface area contributed by atoms with Crippen molar-refractivity contribution in [3.63, 3.8) is 0 Å². The molecular formula is C15H16F3N3O. The zero-order valence-corrected chi connectivity index (χ0v) is 11.9. The molecule has 1 atom stereocenters. The largest absolute Gasteiger partial charge is 0.416 e. The maximum Gasteiger partial charge on any atom is 0.416 e. The fourth-order valence-corrected chi connectivity index (χ4v) is 2.81. The van der Waals surface area contributed by atoms with Crippen LogP contribution in [0.5, 0.6) is 0 Å². The molecule has 1 aliphatic heterocycles. The quantitative estimate of drug-likeness (QED) is 0.933. The Balaban J connectivity index is 2.25. The Morgan fingerprint density at radius 1 is 1.45 bits per heavy atom. The summed E-state index contributed by atoms with van der Waals surface area (Å²) in [7, 11) is 0. The first-order chi connectivity index (χ1) is 10.3. The molecule has 2 rings (SSSR count). The van der Waals surface area contributed by atoms with Crippen LogP contribution in [0.25, 0.3) is 0 Å². The van der Waals surface area contributed by atoms with Gasteiger partial charge < -0.3 is 10.6 Å². The molecule has 0 aromatic heterocycles. The van der Waals surface area contributed by atoms with Gasteiger partial charge in [0, 0.05) is 19.5 Å². The van der Waals surface area contributed by atoms with E-state index in [4.69, 9.17) is 11.0 Å². The summed E-state index contributed by atoms with van der Waals surface area (Å²) in [5.41, 5.74) is 4.83. The van der Waals surface area contributed by atoms with Gasteiger partial charge in [-0.25, -0.2) is 0 Å². The highest BCUT2D eigenvalue weighted by Gasteiger charge is 2.32. The summed E-state index contributed by atoms with van der Waals surface area (Å²) < 4.78 is 38.1. The number of hydrogen-bond acceptors (Lipinski definition) is 3. The lowest BCUT2D eigenvalue weighted by atomic mass is 9.93. The van der Waals surface area contributed by atoms with Crippen LogP contribution in [-0.2, 0) is 11.0 Å². The molecule has 1 amide bonds. The summed E-state index contributed by atoms with van der Waals surface area (Å²) in [4.78, 5) is 12.9. The number of anilines is 1. The second kappa shape index (κ2) is 6.26. The fourth-order valence-electron chi connectivity index (χ4n) is 2.81.